The number of hydrogen-bond donors (Lipinski definition) is 5. The Morgan fingerprint density at radius 2 is 1.25 bits per heavy atom. The summed E-state index contributed by atoms with van der Waals surface area (Å²) in [5.41, 5.74) is 1.51. The summed E-state index contributed by atoms with van der Waals surface area (Å²) < 4.78 is 17.2. The molecule has 3 fully saturated rings. The average molecular weight is 1030 g/mol. The highest BCUT2D eigenvalue weighted by atomic mass is 35.5. The van der Waals surface area contributed by atoms with E-state index in [0.29, 0.717) is 78.3 Å². The molecule has 0 radical (unpaired) electrons. The number of hydrogen-bond acceptors (Lipinski definition) is 9. The first-order valence-corrected chi connectivity index (χ1v) is 26.4. The second-order valence-corrected chi connectivity index (χ2v) is 21.7. The molecule has 3 heterocycles. The maximum atomic E-state index is 14.8. The van der Waals surface area contributed by atoms with Crippen LogP contribution in [-0.2, 0) is 38.1 Å². The molecular weight excluding hydrogens is 974 g/mol. The maximum absolute atomic E-state index is 14.8. The van der Waals surface area contributed by atoms with E-state index in [0.717, 1.165) is 21.4 Å². The number of nitrogens with one attached hydrogen (secondary N) is 3. The van der Waals surface area contributed by atoms with Crippen LogP contribution >= 0.6 is 31.0 Å². The summed E-state index contributed by atoms with van der Waals surface area (Å²) in [5, 5.41) is 11.2. The number of alkyl halides is 2. The Morgan fingerprint density at radius 1 is 0.732 bits per heavy atom. The summed E-state index contributed by atoms with van der Waals surface area (Å²) in [6, 6.07) is 15.8. The number of unbranched alkanes of at least 4 members (excludes halogenated alkanes) is 2. The van der Waals surface area contributed by atoms with E-state index in [1.807, 2.05) is 30.3 Å². The van der Waals surface area contributed by atoms with Crippen LogP contribution in [0.4, 0.5) is 17.1 Å². The highest BCUT2D eigenvalue weighted by Gasteiger charge is 2.76. The topological polar surface area (TPSA) is 232 Å². The van der Waals surface area contributed by atoms with Crippen molar-refractivity contribution >= 4 is 111 Å². The minimum atomic E-state index is -4.96. The Labute approximate surface area is 419 Å². The third-order valence-corrected chi connectivity index (χ3v) is 16.0. The van der Waals surface area contributed by atoms with Gasteiger partial charge in [0.2, 0.25) is 29.5 Å². The summed E-state index contributed by atoms with van der Waals surface area (Å²) in [6.45, 7) is 5.93. The van der Waals surface area contributed by atoms with Crippen molar-refractivity contribution in [3.05, 3.63) is 83.9 Å². The molecule has 10 rings (SSSR count). The fraction of sp³-hybridized carbons (Fsp3) is 0.431. The largest absolute Gasteiger partial charge is 0.524 e. The number of benzene rings is 4. The van der Waals surface area contributed by atoms with Gasteiger partial charge in [-0.2, -0.15) is 0 Å². The molecule has 17 nitrogen and oxygen atoms in total. The molecule has 2 bridgehead atoms. The van der Waals surface area contributed by atoms with Gasteiger partial charge >= 0.3 is 7.82 Å². The maximum Gasteiger partial charge on any atom is 0.524 e. The van der Waals surface area contributed by atoms with Gasteiger partial charge in [0, 0.05) is 84.3 Å². The van der Waals surface area contributed by atoms with Crippen LogP contribution in [0.15, 0.2) is 72.8 Å². The Hall–Kier alpha value is -5.84. The van der Waals surface area contributed by atoms with E-state index in [1.165, 1.54) is 18.2 Å². The van der Waals surface area contributed by atoms with Gasteiger partial charge in [-0.15, -0.1) is 23.2 Å². The van der Waals surface area contributed by atoms with Crippen molar-refractivity contribution in [3.63, 3.8) is 0 Å². The summed E-state index contributed by atoms with van der Waals surface area (Å²) in [6.07, 6.45) is 5.12. The molecule has 3 aliphatic heterocycles. The molecule has 7 amide bonds. The van der Waals surface area contributed by atoms with Crippen LogP contribution in [-0.4, -0.2) is 99.5 Å². The van der Waals surface area contributed by atoms with Gasteiger partial charge in [0.05, 0.1) is 22.2 Å². The third-order valence-electron chi connectivity index (χ3n) is 14.8. The highest BCUT2D eigenvalue weighted by Crippen LogP contribution is 2.75. The monoisotopic (exact) mass is 1030 g/mol. The van der Waals surface area contributed by atoms with Gasteiger partial charge in [-0.05, 0) is 72.9 Å². The van der Waals surface area contributed by atoms with E-state index in [9.17, 15) is 47.9 Å². The molecular formula is C51H55Cl2N6O11P. The van der Waals surface area contributed by atoms with Crippen molar-refractivity contribution in [2.24, 2.45) is 16.7 Å². The SMILES string of the molecule is CC(NC(=O)[C@@H](NC(=O)CCCCCN1C(=O)C=CC1=O)C(C)C)C(=O)Nc1cc2c(c3ccccc13)[C@H](CCl)CN2C(=O)C12CC(C(=O)N3C[C@@H](CCl)c4c3cc(OP(=O)(O)O)c3ccccc43)(C1)C2. The number of carbonyl (C=O) groups is 7. The van der Waals surface area contributed by atoms with Crippen molar-refractivity contribution in [1.29, 1.82) is 0 Å². The van der Waals surface area contributed by atoms with E-state index in [-0.39, 0.29) is 84.3 Å². The second kappa shape index (κ2) is 19.3. The number of halogens is 2. The summed E-state index contributed by atoms with van der Waals surface area (Å²) in [7, 11) is -4.96. The smallest absolute Gasteiger partial charge is 0.404 e. The van der Waals surface area contributed by atoms with Gasteiger partial charge in [0.25, 0.3) is 11.8 Å². The first kappa shape index (κ1) is 50.1. The zero-order valence-corrected chi connectivity index (χ0v) is 41.8. The van der Waals surface area contributed by atoms with Crippen LogP contribution in [0.1, 0.15) is 88.7 Å². The van der Waals surface area contributed by atoms with E-state index >= 15 is 0 Å². The number of nitrogens with zero attached hydrogens (tertiary/aromatic N) is 3. The standard InChI is InChI=1S/C51H55Cl2N6O11P/c1-28(2)45(56-40(60)15-5-4-10-18-57-41(61)16-17-42(57)62)47(64)54-29(3)46(63)55-36-19-37-43(34-13-8-6-11-32(34)36)30(21-52)23-58(37)48(65)50-25-51(26-50,27-50)49(66)59-24-31(22-53)44-35-14-9-7-12-33(35)39(20-38(44)59)70-71(67,68)69/h6-9,11-14,16-17,19-20,28-31,45H,4-5,10,15,18,21-27H2,1-3H3,(H,54,64)(H,55,63)(H,56,60)(H2,67,68,69)/t29?,30-,31-,45+,50?,51?/m1/s1. The molecule has 374 valence electrons. The molecule has 1 unspecified atom stereocenters. The first-order valence-electron chi connectivity index (χ1n) is 23.8. The van der Waals surface area contributed by atoms with Gasteiger partial charge in [-0.25, -0.2) is 4.57 Å². The Bertz CT molecular complexity index is 2960. The summed E-state index contributed by atoms with van der Waals surface area (Å²) in [5.74, 6) is -2.87. The van der Waals surface area contributed by atoms with E-state index in [1.54, 1.807) is 54.8 Å². The van der Waals surface area contributed by atoms with Crippen molar-refractivity contribution in [3.8, 4) is 5.75 Å². The van der Waals surface area contributed by atoms with Crippen LogP contribution < -0.4 is 30.3 Å². The Morgan fingerprint density at radius 3 is 1.79 bits per heavy atom. The molecule has 4 aromatic rings. The van der Waals surface area contributed by atoms with Crippen LogP contribution in [0.25, 0.3) is 21.5 Å². The number of imide groups is 1. The predicted octanol–water partition coefficient (Wildman–Crippen LogP) is 6.74. The number of amides is 7. The van der Waals surface area contributed by atoms with Gasteiger partial charge in [-0.3, -0.25) is 48.2 Å². The number of phosphoric acid groups is 1. The normalized spacial score (nSPS) is 22.8. The van der Waals surface area contributed by atoms with Crippen LogP contribution in [0, 0.1) is 16.7 Å². The van der Waals surface area contributed by atoms with Gasteiger partial charge in [0.15, 0.2) is 0 Å². The van der Waals surface area contributed by atoms with E-state index < -0.39 is 42.6 Å². The summed E-state index contributed by atoms with van der Waals surface area (Å²) in [4.78, 5) is 117. The first-order chi connectivity index (χ1) is 33.8. The molecule has 0 saturated heterocycles. The van der Waals surface area contributed by atoms with E-state index in [4.69, 9.17) is 27.7 Å². The predicted molar refractivity (Wildman–Crippen MR) is 268 cm³/mol. The number of anilines is 3. The lowest BCUT2D eigenvalue weighted by atomic mass is 9.34. The van der Waals surface area contributed by atoms with Crippen LogP contribution in [0.5, 0.6) is 5.75 Å². The second-order valence-electron chi connectivity index (χ2n) is 19.9. The van der Waals surface area contributed by atoms with Crippen molar-refractivity contribution < 1.29 is 52.4 Å². The van der Waals surface area contributed by atoms with Crippen molar-refractivity contribution in [1.82, 2.24) is 15.5 Å². The average Bonchev–Trinajstić information content (AvgIpc) is 3.98. The molecule has 4 atom stereocenters. The molecule has 0 spiro atoms. The Balaban J connectivity index is 0.871. The van der Waals surface area contributed by atoms with Crippen LogP contribution in [0.3, 0.4) is 0 Å². The lowest BCUT2D eigenvalue weighted by Crippen LogP contribution is -2.73. The molecule has 71 heavy (non-hydrogen) atoms. The fourth-order valence-corrected chi connectivity index (χ4v) is 12.3. The highest BCUT2D eigenvalue weighted by molar-refractivity contribution is 7.46. The number of carbonyl (C=O) groups excluding carboxylic acids is 7. The molecule has 4 aromatic carbocycles. The van der Waals surface area contributed by atoms with Gasteiger partial charge < -0.3 is 30.3 Å². The molecule has 6 aliphatic rings. The fourth-order valence-electron chi connectivity index (χ4n) is 11.4. The third kappa shape index (κ3) is 9.20. The summed E-state index contributed by atoms with van der Waals surface area (Å²) >= 11 is 13.1. The van der Waals surface area contributed by atoms with Crippen molar-refractivity contribution in [2.45, 2.75) is 89.6 Å². The lowest BCUT2D eigenvalue weighted by molar-refractivity contribution is -0.205. The Kier molecular flexibility index (Phi) is 13.6. The molecule has 3 aliphatic carbocycles. The zero-order chi connectivity index (χ0) is 50.7. The molecule has 0 aromatic heterocycles. The number of phosphoric ester groups is 1. The number of rotatable bonds is 18. The zero-order valence-electron chi connectivity index (χ0n) is 39.4. The van der Waals surface area contributed by atoms with E-state index in [2.05, 4.69) is 16.0 Å². The number of fused-ring (bicyclic) bond motifs is 6. The lowest BCUT2D eigenvalue weighted by Gasteiger charge is -2.69. The van der Waals surface area contributed by atoms with Gasteiger partial charge in [0.1, 0.15) is 17.8 Å². The molecule has 5 N–H and O–H groups in total. The quantitative estimate of drug-likeness (QED) is 0.0303. The van der Waals surface area contributed by atoms with Crippen LogP contribution in [0.2, 0.25) is 0 Å². The molecule has 20 heteroatoms. The minimum absolute atomic E-state index is 0.0530. The van der Waals surface area contributed by atoms with Crippen molar-refractivity contribution in [2.75, 3.05) is 46.5 Å². The minimum Gasteiger partial charge on any atom is -0.404 e. The van der Waals surface area contributed by atoms with Gasteiger partial charge in [-0.1, -0.05) is 68.8 Å². The molecule has 3 saturated carbocycles.